The van der Waals surface area contributed by atoms with Crippen molar-refractivity contribution in [1.29, 1.82) is 0 Å². The highest BCUT2D eigenvalue weighted by atomic mass is 35.5. The van der Waals surface area contributed by atoms with E-state index in [0.29, 0.717) is 10.0 Å². The van der Waals surface area contributed by atoms with Crippen molar-refractivity contribution in [3.8, 4) is 0 Å². The van der Waals surface area contributed by atoms with Gasteiger partial charge in [0.1, 0.15) is 23.2 Å². The Morgan fingerprint density at radius 2 is 2.08 bits per heavy atom. The lowest BCUT2D eigenvalue weighted by Crippen LogP contribution is -2.14. The van der Waals surface area contributed by atoms with E-state index in [2.05, 4.69) is 9.97 Å². The molecule has 0 bridgehead atoms. The molecule has 2 aromatic heterocycles. The fourth-order valence-corrected chi connectivity index (χ4v) is 4.21. The Labute approximate surface area is 158 Å². The largest absolute Gasteiger partial charge is 0.394 e. The molecule has 3 heterocycles. The van der Waals surface area contributed by atoms with E-state index < -0.39 is 0 Å². The summed E-state index contributed by atoms with van der Waals surface area (Å²) in [5.41, 5.74) is 0.821. The Morgan fingerprint density at radius 1 is 1.20 bits per heavy atom. The van der Waals surface area contributed by atoms with Gasteiger partial charge >= 0.3 is 0 Å². The van der Waals surface area contributed by atoms with Crippen molar-refractivity contribution in [3.63, 3.8) is 0 Å². The Morgan fingerprint density at radius 3 is 2.84 bits per heavy atom. The van der Waals surface area contributed by atoms with Gasteiger partial charge in [-0.15, -0.1) is 0 Å². The lowest BCUT2D eigenvalue weighted by atomic mass is 10.2. The maximum Gasteiger partial charge on any atom is 0.146 e. The fourth-order valence-electron chi connectivity index (χ4n) is 2.94. The van der Waals surface area contributed by atoms with E-state index in [1.54, 1.807) is 12.4 Å². The van der Waals surface area contributed by atoms with E-state index in [1.807, 2.05) is 29.0 Å². The molecule has 1 N–H and O–H groups in total. The van der Waals surface area contributed by atoms with Crippen molar-refractivity contribution in [2.75, 3.05) is 6.61 Å². The zero-order chi connectivity index (χ0) is 17.4. The maximum absolute atomic E-state index is 9.26. The summed E-state index contributed by atoms with van der Waals surface area (Å²) >= 11 is 13.6. The molecule has 25 heavy (non-hydrogen) atoms. The van der Waals surface area contributed by atoms with E-state index in [-0.39, 0.29) is 18.9 Å². The van der Waals surface area contributed by atoms with Crippen LogP contribution in [0.1, 0.15) is 19.1 Å². The topological polar surface area (TPSA) is 60.2 Å². The average molecular weight is 396 g/mol. The number of halogens is 2. The van der Waals surface area contributed by atoms with Crippen LogP contribution in [0.2, 0.25) is 10.0 Å². The second-order valence-electron chi connectivity index (χ2n) is 5.79. The third kappa shape index (κ3) is 3.37. The van der Waals surface area contributed by atoms with Gasteiger partial charge in [-0.3, -0.25) is 0 Å². The number of aliphatic hydroxyl groups excluding tert-OH is 1. The number of aromatic nitrogens is 3. The van der Waals surface area contributed by atoms with Gasteiger partial charge in [0.05, 0.1) is 28.1 Å². The summed E-state index contributed by atoms with van der Waals surface area (Å²) in [7, 11) is 0. The third-order valence-electron chi connectivity index (χ3n) is 4.18. The predicted molar refractivity (Wildman–Crippen MR) is 98.3 cm³/mol. The average Bonchev–Trinajstić information content (AvgIpc) is 3.25. The number of nitrogens with zero attached hydrogens (tertiary/aromatic N) is 3. The Kier molecular flexibility index (Phi) is 4.88. The van der Waals surface area contributed by atoms with Gasteiger partial charge in [-0.05, 0) is 37.1 Å². The van der Waals surface area contributed by atoms with Crippen LogP contribution < -0.4 is 0 Å². The van der Waals surface area contributed by atoms with Crippen LogP contribution >= 0.6 is 35.0 Å². The molecule has 1 aliphatic rings. The van der Waals surface area contributed by atoms with Crippen molar-refractivity contribution in [1.82, 2.24) is 14.5 Å². The van der Waals surface area contributed by atoms with Crippen LogP contribution in [0.15, 0.2) is 46.7 Å². The zero-order valence-electron chi connectivity index (χ0n) is 13.1. The number of hydrogen-bond acceptors (Lipinski definition) is 5. The van der Waals surface area contributed by atoms with Crippen molar-refractivity contribution in [2.24, 2.45) is 0 Å². The number of fused-ring (bicyclic) bond motifs is 1. The monoisotopic (exact) mass is 395 g/mol. The molecule has 0 amide bonds. The normalized spacial score (nSPS) is 20.4. The van der Waals surface area contributed by atoms with E-state index in [1.165, 1.54) is 11.8 Å². The highest BCUT2D eigenvalue weighted by Crippen LogP contribution is 2.36. The molecule has 0 spiro atoms. The molecular formula is C17H15Cl2N3O2S. The molecule has 1 saturated heterocycles. The highest BCUT2D eigenvalue weighted by molar-refractivity contribution is 7.99. The lowest BCUT2D eigenvalue weighted by Gasteiger charge is -2.14. The molecule has 0 radical (unpaired) electrons. The number of benzene rings is 1. The number of ether oxygens (including phenoxy) is 1. The minimum absolute atomic E-state index is 0.0448. The first-order valence-electron chi connectivity index (χ1n) is 7.86. The number of aliphatic hydroxyl groups is 1. The summed E-state index contributed by atoms with van der Waals surface area (Å²) in [6, 6.07) is 7.50. The molecule has 1 aromatic carbocycles. The summed E-state index contributed by atoms with van der Waals surface area (Å²) in [6.07, 6.45) is 5.01. The van der Waals surface area contributed by atoms with Crippen molar-refractivity contribution < 1.29 is 9.84 Å². The van der Waals surface area contributed by atoms with Crippen LogP contribution in [0.3, 0.4) is 0 Å². The molecule has 4 rings (SSSR count). The van der Waals surface area contributed by atoms with Crippen LogP contribution in [0.4, 0.5) is 0 Å². The van der Waals surface area contributed by atoms with Crippen LogP contribution in [-0.4, -0.2) is 32.4 Å². The maximum atomic E-state index is 9.26. The molecule has 5 nitrogen and oxygen atoms in total. The van der Waals surface area contributed by atoms with Crippen LogP contribution in [-0.2, 0) is 4.74 Å². The Hall–Kier alpha value is -1.31. The summed E-state index contributed by atoms with van der Waals surface area (Å²) in [4.78, 5) is 9.78. The third-order valence-corrected chi connectivity index (χ3v) is 5.92. The minimum Gasteiger partial charge on any atom is -0.394 e. The second-order valence-corrected chi connectivity index (χ2v) is 7.67. The Bertz CT molecular complexity index is 918. The van der Waals surface area contributed by atoms with E-state index in [9.17, 15) is 5.11 Å². The molecule has 0 aliphatic carbocycles. The van der Waals surface area contributed by atoms with Gasteiger partial charge in [0.25, 0.3) is 0 Å². The van der Waals surface area contributed by atoms with Gasteiger partial charge in [-0.1, -0.05) is 35.0 Å². The predicted octanol–water partition coefficient (Wildman–Crippen LogP) is 4.56. The van der Waals surface area contributed by atoms with Crippen molar-refractivity contribution in [2.45, 2.75) is 35.1 Å². The van der Waals surface area contributed by atoms with Crippen LogP contribution in [0.25, 0.3) is 11.0 Å². The highest BCUT2D eigenvalue weighted by Gasteiger charge is 2.27. The quantitative estimate of drug-likeness (QED) is 0.656. The number of hydrogen-bond donors (Lipinski definition) is 1. The van der Waals surface area contributed by atoms with E-state index >= 15 is 0 Å². The molecule has 1 fully saturated rings. The Balaban J connectivity index is 1.66. The zero-order valence-corrected chi connectivity index (χ0v) is 15.4. The molecule has 1 aliphatic heterocycles. The van der Waals surface area contributed by atoms with Crippen molar-refractivity contribution in [3.05, 3.63) is 46.8 Å². The summed E-state index contributed by atoms with van der Waals surface area (Å²) in [5.74, 6) is 0. The van der Waals surface area contributed by atoms with Gasteiger partial charge in [0.2, 0.25) is 0 Å². The minimum atomic E-state index is -0.104. The molecule has 8 heteroatoms. The van der Waals surface area contributed by atoms with Gasteiger partial charge < -0.3 is 14.4 Å². The SMILES string of the molecule is OCC1CCC(n2ccc3c(Sc4ccc(Cl)c(Cl)c4)ncnc32)O1. The van der Waals surface area contributed by atoms with Gasteiger partial charge in [0, 0.05) is 11.1 Å². The first kappa shape index (κ1) is 17.1. The van der Waals surface area contributed by atoms with Crippen molar-refractivity contribution >= 4 is 46.0 Å². The second kappa shape index (κ2) is 7.13. The summed E-state index contributed by atoms with van der Waals surface area (Å²) in [5, 5.41) is 12.1. The summed E-state index contributed by atoms with van der Waals surface area (Å²) in [6.45, 7) is 0.0448. The van der Waals surface area contributed by atoms with E-state index in [4.69, 9.17) is 27.9 Å². The number of rotatable bonds is 4. The molecule has 130 valence electrons. The molecular weight excluding hydrogens is 381 g/mol. The van der Waals surface area contributed by atoms with Gasteiger partial charge in [0.15, 0.2) is 0 Å². The van der Waals surface area contributed by atoms with Gasteiger partial charge in [-0.2, -0.15) is 0 Å². The first-order valence-corrected chi connectivity index (χ1v) is 9.43. The molecule has 2 unspecified atom stereocenters. The first-order chi connectivity index (χ1) is 12.2. The standard InChI is InChI=1S/C17H15Cl2N3O2S/c18-13-3-2-11(7-14(13)19)25-17-12-5-6-22(16(12)20-9-21-17)15-4-1-10(8-23)24-15/h2-3,5-7,9-10,15,23H,1,4,8H2. The lowest BCUT2D eigenvalue weighted by molar-refractivity contribution is -0.0204. The molecule has 2 atom stereocenters. The van der Waals surface area contributed by atoms with Gasteiger partial charge in [-0.25, -0.2) is 9.97 Å². The fraction of sp³-hybridized carbons (Fsp3) is 0.294. The van der Waals surface area contributed by atoms with Crippen LogP contribution in [0.5, 0.6) is 0 Å². The molecule has 3 aromatic rings. The van der Waals surface area contributed by atoms with E-state index in [0.717, 1.165) is 33.8 Å². The molecule has 0 saturated carbocycles. The van der Waals surface area contributed by atoms with Crippen LogP contribution in [0, 0.1) is 0 Å². The smallest absolute Gasteiger partial charge is 0.146 e. The summed E-state index contributed by atoms with van der Waals surface area (Å²) < 4.78 is 7.87.